The van der Waals surface area contributed by atoms with Crippen LogP contribution in [0.5, 0.6) is 0 Å². The zero-order valence-corrected chi connectivity index (χ0v) is 11.1. The van der Waals surface area contributed by atoms with Crippen LogP contribution in [0.3, 0.4) is 0 Å². The van der Waals surface area contributed by atoms with Gasteiger partial charge >= 0.3 is 0 Å². The van der Waals surface area contributed by atoms with Gasteiger partial charge < -0.3 is 10.0 Å². The third-order valence-electron chi connectivity index (χ3n) is 2.47. The fraction of sp³-hybridized carbons (Fsp3) is 0.462. The number of aliphatic hydroxyl groups excluding tert-OH is 1. The molecule has 0 saturated heterocycles. The van der Waals surface area contributed by atoms with E-state index in [1.807, 2.05) is 30.3 Å². The van der Waals surface area contributed by atoms with Crippen LogP contribution in [0.4, 0.5) is 0 Å². The van der Waals surface area contributed by atoms with E-state index in [9.17, 15) is 9.90 Å². The number of carbonyl (C=O) groups excluding carboxylic acids is 1. The molecule has 0 aromatic heterocycles. The van der Waals surface area contributed by atoms with Gasteiger partial charge in [-0.25, -0.2) is 0 Å². The number of benzene rings is 1. The summed E-state index contributed by atoms with van der Waals surface area (Å²) in [6.07, 6.45) is 0.0913. The van der Waals surface area contributed by atoms with Crippen LogP contribution in [0.25, 0.3) is 0 Å². The van der Waals surface area contributed by atoms with Crippen molar-refractivity contribution < 1.29 is 9.90 Å². The maximum absolute atomic E-state index is 11.9. The van der Waals surface area contributed by atoms with Crippen LogP contribution in [-0.2, 0) is 11.2 Å². The minimum Gasteiger partial charge on any atom is -0.392 e. The van der Waals surface area contributed by atoms with E-state index in [1.54, 1.807) is 14.0 Å². The molecule has 3 nitrogen and oxygen atoms in total. The highest BCUT2D eigenvalue weighted by Crippen LogP contribution is 2.10. The van der Waals surface area contributed by atoms with Gasteiger partial charge in [0.25, 0.3) is 0 Å². The number of nitrogens with zero attached hydrogens (tertiary/aromatic N) is 1. The van der Waals surface area contributed by atoms with Gasteiger partial charge in [0.2, 0.25) is 5.91 Å². The molecule has 0 radical (unpaired) electrons. The molecule has 0 spiro atoms. The van der Waals surface area contributed by atoms with Crippen LogP contribution in [-0.4, -0.2) is 40.9 Å². The number of aliphatic hydroxyl groups is 1. The summed E-state index contributed by atoms with van der Waals surface area (Å²) in [6.45, 7) is 2.00. The maximum atomic E-state index is 11.9. The Morgan fingerprint density at radius 3 is 2.53 bits per heavy atom. The standard InChI is InChI=1S/C13H19NO2S/c1-10(15)9-14(2)13(16)12(17)8-11-6-4-3-5-7-11/h3-7,10,12,15,17H,8-9H2,1-2H3. The lowest BCUT2D eigenvalue weighted by atomic mass is 10.1. The van der Waals surface area contributed by atoms with Gasteiger partial charge in [0, 0.05) is 13.6 Å². The van der Waals surface area contributed by atoms with Gasteiger partial charge in [0.05, 0.1) is 11.4 Å². The van der Waals surface area contributed by atoms with Crippen LogP contribution in [0, 0.1) is 0 Å². The molecule has 1 aromatic carbocycles. The molecule has 17 heavy (non-hydrogen) atoms. The average Bonchev–Trinajstić information content (AvgIpc) is 2.28. The summed E-state index contributed by atoms with van der Waals surface area (Å²) < 4.78 is 0. The van der Waals surface area contributed by atoms with Crippen molar-refractivity contribution in [2.24, 2.45) is 0 Å². The number of amides is 1. The Hall–Kier alpha value is -1.00. The second-order valence-electron chi connectivity index (χ2n) is 4.27. The molecule has 94 valence electrons. The Bertz CT molecular complexity index is 354. The molecule has 1 N–H and O–H groups in total. The quantitative estimate of drug-likeness (QED) is 0.778. The van der Waals surface area contributed by atoms with Gasteiger partial charge in [-0.1, -0.05) is 30.3 Å². The van der Waals surface area contributed by atoms with Crippen molar-refractivity contribution in [1.29, 1.82) is 0 Å². The summed E-state index contributed by atoms with van der Waals surface area (Å²) in [7, 11) is 1.68. The highest BCUT2D eigenvalue weighted by Gasteiger charge is 2.19. The summed E-state index contributed by atoms with van der Waals surface area (Å²) in [5, 5.41) is 8.86. The van der Waals surface area contributed by atoms with Gasteiger partial charge in [0.15, 0.2) is 0 Å². The van der Waals surface area contributed by atoms with Crippen LogP contribution in [0.15, 0.2) is 30.3 Å². The Balaban J connectivity index is 2.52. The molecule has 0 bridgehead atoms. The number of hydrogen-bond acceptors (Lipinski definition) is 3. The highest BCUT2D eigenvalue weighted by molar-refractivity contribution is 7.81. The van der Waals surface area contributed by atoms with E-state index >= 15 is 0 Å². The maximum Gasteiger partial charge on any atom is 0.235 e. The van der Waals surface area contributed by atoms with E-state index in [2.05, 4.69) is 12.6 Å². The lowest BCUT2D eigenvalue weighted by molar-refractivity contribution is -0.130. The number of likely N-dealkylation sites (N-methyl/N-ethyl adjacent to an activating group) is 1. The highest BCUT2D eigenvalue weighted by atomic mass is 32.1. The van der Waals surface area contributed by atoms with E-state index in [4.69, 9.17) is 0 Å². The summed E-state index contributed by atoms with van der Waals surface area (Å²) in [5.41, 5.74) is 1.09. The van der Waals surface area contributed by atoms with Crippen LogP contribution in [0.1, 0.15) is 12.5 Å². The minimum absolute atomic E-state index is 0.0573. The molecule has 1 amide bonds. The molecule has 4 heteroatoms. The Morgan fingerprint density at radius 2 is 2.00 bits per heavy atom. The van der Waals surface area contributed by atoms with E-state index in [0.717, 1.165) is 5.56 Å². The fourth-order valence-electron chi connectivity index (χ4n) is 1.67. The van der Waals surface area contributed by atoms with Crippen LogP contribution >= 0.6 is 12.6 Å². The SMILES string of the molecule is CC(O)CN(C)C(=O)C(S)Cc1ccccc1. The van der Waals surface area contributed by atoms with E-state index in [0.29, 0.717) is 13.0 Å². The summed E-state index contributed by atoms with van der Waals surface area (Å²) in [5.74, 6) is -0.0573. The predicted molar refractivity (Wildman–Crippen MR) is 72.2 cm³/mol. The predicted octanol–water partition coefficient (Wildman–Crippen LogP) is 1.37. The average molecular weight is 253 g/mol. The lowest BCUT2D eigenvalue weighted by Crippen LogP contribution is -2.38. The second-order valence-corrected chi connectivity index (χ2v) is 4.90. The molecule has 0 aliphatic carbocycles. The number of rotatable bonds is 5. The third kappa shape index (κ3) is 4.79. The van der Waals surface area contributed by atoms with Crippen molar-refractivity contribution in [3.05, 3.63) is 35.9 Å². The Morgan fingerprint density at radius 1 is 1.41 bits per heavy atom. The van der Waals surface area contributed by atoms with Crippen molar-refractivity contribution >= 4 is 18.5 Å². The van der Waals surface area contributed by atoms with Gasteiger partial charge in [-0.15, -0.1) is 0 Å². The molecule has 1 aromatic rings. The Labute approximate surface area is 108 Å². The molecule has 0 aliphatic rings. The molecule has 0 saturated carbocycles. The largest absolute Gasteiger partial charge is 0.392 e. The normalized spacial score (nSPS) is 14.1. The summed E-state index contributed by atoms with van der Waals surface area (Å²) >= 11 is 4.33. The van der Waals surface area contributed by atoms with Crippen molar-refractivity contribution in [3.8, 4) is 0 Å². The number of hydrogen-bond donors (Lipinski definition) is 2. The third-order valence-corrected chi connectivity index (χ3v) is 2.87. The van der Waals surface area contributed by atoms with Gasteiger partial charge in [-0.05, 0) is 18.9 Å². The lowest BCUT2D eigenvalue weighted by Gasteiger charge is -2.22. The minimum atomic E-state index is -0.513. The zero-order chi connectivity index (χ0) is 12.8. The second kappa shape index (κ2) is 6.67. The smallest absolute Gasteiger partial charge is 0.235 e. The van der Waals surface area contributed by atoms with E-state index in [1.165, 1.54) is 4.90 Å². The fourth-order valence-corrected chi connectivity index (χ4v) is 2.07. The van der Waals surface area contributed by atoms with Crippen LogP contribution < -0.4 is 0 Å². The first kappa shape index (κ1) is 14.1. The molecule has 0 fully saturated rings. The molecule has 0 aliphatic heterocycles. The molecule has 1 rings (SSSR count). The summed E-state index contributed by atoms with van der Waals surface area (Å²) in [6, 6.07) is 9.79. The first-order chi connectivity index (χ1) is 8.00. The molecule has 0 heterocycles. The number of carbonyl (C=O) groups is 1. The monoisotopic (exact) mass is 253 g/mol. The Kier molecular flexibility index (Phi) is 5.51. The summed E-state index contributed by atoms with van der Waals surface area (Å²) in [4.78, 5) is 13.4. The first-order valence-corrected chi connectivity index (χ1v) is 6.17. The van der Waals surface area contributed by atoms with Crippen LogP contribution in [0.2, 0.25) is 0 Å². The van der Waals surface area contributed by atoms with Gasteiger partial charge in [-0.3, -0.25) is 4.79 Å². The van der Waals surface area contributed by atoms with E-state index in [-0.39, 0.29) is 11.2 Å². The van der Waals surface area contributed by atoms with Crippen molar-refractivity contribution in [2.45, 2.75) is 24.7 Å². The topological polar surface area (TPSA) is 40.5 Å². The first-order valence-electron chi connectivity index (χ1n) is 5.65. The molecule has 2 atom stereocenters. The zero-order valence-electron chi connectivity index (χ0n) is 10.2. The van der Waals surface area contributed by atoms with Gasteiger partial charge in [-0.2, -0.15) is 12.6 Å². The van der Waals surface area contributed by atoms with Crippen molar-refractivity contribution in [1.82, 2.24) is 4.90 Å². The molecular weight excluding hydrogens is 234 g/mol. The van der Waals surface area contributed by atoms with Crippen molar-refractivity contribution in [2.75, 3.05) is 13.6 Å². The van der Waals surface area contributed by atoms with Gasteiger partial charge in [0.1, 0.15) is 0 Å². The van der Waals surface area contributed by atoms with E-state index < -0.39 is 6.10 Å². The molecular formula is C13H19NO2S. The van der Waals surface area contributed by atoms with Crippen molar-refractivity contribution in [3.63, 3.8) is 0 Å². The molecule has 2 unspecified atom stereocenters. The number of thiol groups is 1.